The summed E-state index contributed by atoms with van der Waals surface area (Å²) in [6.07, 6.45) is 3.63. The molecule has 0 amide bonds. The van der Waals surface area contributed by atoms with Gasteiger partial charge in [-0.3, -0.25) is 0 Å². The molecule has 0 unspecified atom stereocenters. The molecule has 0 atom stereocenters. The summed E-state index contributed by atoms with van der Waals surface area (Å²) < 4.78 is 21.1. The van der Waals surface area contributed by atoms with E-state index in [1.165, 1.54) is 12.1 Å². The van der Waals surface area contributed by atoms with Gasteiger partial charge in [-0.05, 0) is 24.6 Å². The maximum absolute atomic E-state index is 13.0. The van der Waals surface area contributed by atoms with Gasteiger partial charge in [0.25, 0.3) is 0 Å². The van der Waals surface area contributed by atoms with E-state index in [1.807, 2.05) is 17.7 Å². The number of aromatic nitrogens is 2. The number of hydrogen-bond acceptors (Lipinski definition) is 2. The third-order valence-electron chi connectivity index (χ3n) is 2.59. The van der Waals surface area contributed by atoms with E-state index in [0.717, 1.165) is 15.9 Å². The average molecular weight is 313 g/mol. The van der Waals surface area contributed by atoms with Crippen molar-refractivity contribution in [1.29, 1.82) is 0 Å². The summed E-state index contributed by atoms with van der Waals surface area (Å²) in [4.78, 5) is 4.25. The van der Waals surface area contributed by atoms with E-state index in [9.17, 15) is 4.39 Å². The minimum Gasteiger partial charge on any atom is -0.374 e. The number of hydrogen-bond donors (Lipinski definition) is 0. The van der Waals surface area contributed by atoms with Gasteiger partial charge >= 0.3 is 0 Å². The van der Waals surface area contributed by atoms with E-state index in [1.54, 1.807) is 12.3 Å². The van der Waals surface area contributed by atoms with Crippen molar-refractivity contribution in [2.75, 3.05) is 6.61 Å². The molecule has 0 radical (unpaired) electrons. The first-order valence-electron chi connectivity index (χ1n) is 5.72. The Morgan fingerprint density at radius 2 is 2.28 bits per heavy atom. The van der Waals surface area contributed by atoms with Crippen molar-refractivity contribution in [3.8, 4) is 0 Å². The fraction of sp³-hybridized carbons (Fsp3) is 0.308. The maximum Gasteiger partial charge on any atom is 0.135 e. The van der Waals surface area contributed by atoms with Crippen LogP contribution in [0, 0.1) is 5.82 Å². The molecule has 3 nitrogen and oxygen atoms in total. The van der Waals surface area contributed by atoms with Crippen LogP contribution < -0.4 is 0 Å². The van der Waals surface area contributed by atoms with Crippen molar-refractivity contribution in [2.45, 2.75) is 20.1 Å². The molecule has 0 aliphatic rings. The Labute approximate surface area is 114 Å². The van der Waals surface area contributed by atoms with Gasteiger partial charge in [-0.25, -0.2) is 9.37 Å². The summed E-state index contributed by atoms with van der Waals surface area (Å²) >= 11 is 3.37. The summed E-state index contributed by atoms with van der Waals surface area (Å²) in [5.74, 6) is 0.624. The van der Waals surface area contributed by atoms with Crippen LogP contribution in [0.4, 0.5) is 4.39 Å². The van der Waals surface area contributed by atoms with Crippen LogP contribution in [0.1, 0.15) is 18.3 Å². The number of halogens is 2. The van der Waals surface area contributed by atoms with Gasteiger partial charge in [0.2, 0.25) is 0 Å². The highest BCUT2D eigenvalue weighted by atomic mass is 79.9. The molecule has 1 aromatic carbocycles. The fourth-order valence-corrected chi connectivity index (χ4v) is 2.13. The lowest BCUT2D eigenvalue weighted by Gasteiger charge is -2.09. The zero-order valence-electron chi connectivity index (χ0n) is 10.1. The van der Waals surface area contributed by atoms with E-state index in [-0.39, 0.29) is 5.82 Å². The predicted molar refractivity (Wildman–Crippen MR) is 70.8 cm³/mol. The molecular formula is C13H14BrFN2O. The van der Waals surface area contributed by atoms with Crippen LogP contribution in [0.3, 0.4) is 0 Å². The zero-order chi connectivity index (χ0) is 13.0. The number of benzene rings is 1. The van der Waals surface area contributed by atoms with Crippen LogP contribution in [-0.2, 0) is 17.9 Å². The fourth-order valence-electron chi connectivity index (χ4n) is 1.65. The number of nitrogens with zero attached hydrogens (tertiary/aromatic N) is 2. The first-order valence-corrected chi connectivity index (χ1v) is 6.51. The number of imidazole rings is 1. The third-order valence-corrected chi connectivity index (χ3v) is 3.33. The number of ether oxygens (including phenoxy) is 1. The van der Waals surface area contributed by atoms with Crippen molar-refractivity contribution in [2.24, 2.45) is 0 Å². The predicted octanol–water partition coefficient (Wildman–Crippen LogP) is 3.37. The molecule has 0 aliphatic carbocycles. The summed E-state index contributed by atoms with van der Waals surface area (Å²) in [7, 11) is 0. The van der Waals surface area contributed by atoms with Crippen LogP contribution in [0.15, 0.2) is 35.1 Å². The van der Waals surface area contributed by atoms with E-state index in [4.69, 9.17) is 4.74 Å². The van der Waals surface area contributed by atoms with E-state index < -0.39 is 0 Å². The molecule has 96 valence electrons. The third kappa shape index (κ3) is 3.17. The molecule has 0 fully saturated rings. The SMILES string of the molecule is CCOCc1nccn1Cc1ccc(F)cc1Br. The van der Waals surface area contributed by atoms with E-state index >= 15 is 0 Å². The van der Waals surface area contributed by atoms with Gasteiger partial charge in [-0.15, -0.1) is 0 Å². The summed E-state index contributed by atoms with van der Waals surface area (Å²) in [5, 5.41) is 0. The first kappa shape index (κ1) is 13.2. The first-order chi connectivity index (χ1) is 8.70. The summed E-state index contributed by atoms with van der Waals surface area (Å²) in [6, 6.07) is 4.69. The minimum atomic E-state index is -0.245. The molecule has 2 aromatic rings. The summed E-state index contributed by atoms with van der Waals surface area (Å²) in [6.45, 7) is 3.74. The highest BCUT2D eigenvalue weighted by molar-refractivity contribution is 9.10. The second-order valence-corrected chi connectivity index (χ2v) is 4.70. The van der Waals surface area contributed by atoms with Gasteiger partial charge < -0.3 is 9.30 Å². The highest BCUT2D eigenvalue weighted by Crippen LogP contribution is 2.19. The van der Waals surface area contributed by atoms with Gasteiger partial charge in [0.1, 0.15) is 18.2 Å². The topological polar surface area (TPSA) is 27.1 Å². The van der Waals surface area contributed by atoms with Gasteiger partial charge in [0, 0.05) is 30.0 Å². The van der Waals surface area contributed by atoms with Gasteiger partial charge in [-0.2, -0.15) is 0 Å². The lowest BCUT2D eigenvalue weighted by Crippen LogP contribution is -2.06. The lowest BCUT2D eigenvalue weighted by molar-refractivity contribution is 0.126. The normalized spacial score (nSPS) is 10.8. The van der Waals surface area contributed by atoms with E-state index in [0.29, 0.717) is 19.8 Å². The molecular weight excluding hydrogens is 299 g/mol. The van der Waals surface area contributed by atoms with Gasteiger partial charge in [0.05, 0.1) is 0 Å². The molecule has 2 rings (SSSR count). The highest BCUT2D eigenvalue weighted by Gasteiger charge is 2.06. The van der Waals surface area contributed by atoms with Crippen LogP contribution in [0.5, 0.6) is 0 Å². The minimum absolute atomic E-state index is 0.245. The average Bonchev–Trinajstić information content (AvgIpc) is 2.77. The smallest absolute Gasteiger partial charge is 0.135 e. The Morgan fingerprint density at radius 3 is 3.00 bits per heavy atom. The van der Waals surface area contributed by atoms with Crippen molar-refractivity contribution >= 4 is 15.9 Å². The van der Waals surface area contributed by atoms with Gasteiger partial charge in [0.15, 0.2) is 0 Å². The molecule has 0 aliphatic heterocycles. The molecule has 1 heterocycles. The van der Waals surface area contributed by atoms with Crippen LogP contribution in [0.2, 0.25) is 0 Å². The Kier molecular flexibility index (Phi) is 4.49. The van der Waals surface area contributed by atoms with Crippen LogP contribution in [0.25, 0.3) is 0 Å². The molecule has 0 saturated heterocycles. The monoisotopic (exact) mass is 312 g/mol. The Balaban J connectivity index is 2.15. The second kappa shape index (κ2) is 6.11. The molecule has 0 N–H and O–H groups in total. The molecule has 0 spiro atoms. The number of rotatable bonds is 5. The molecule has 1 aromatic heterocycles. The Morgan fingerprint density at radius 1 is 1.44 bits per heavy atom. The molecule has 18 heavy (non-hydrogen) atoms. The molecule has 5 heteroatoms. The Bertz CT molecular complexity index is 527. The van der Waals surface area contributed by atoms with Crippen LogP contribution >= 0.6 is 15.9 Å². The van der Waals surface area contributed by atoms with Crippen LogP contribution in [-0.4, -0.2) is 16.2 Å². The quantitative estimate of drug-likeness (QED) is 0.846. The lowest BCUT2D eigenvalue weighted by atomic mass is 10.2. The van der Waals surface area contributed by atoms with Crippen molar-refractivity contribution in [3.63, 3.8) is 0 Å². The van der Waals surface area contributed by atoms with E-state index in [2.05, 4.69) is 20.9 Å². The van der Waals surface area contributed by atoms with Crippen molar-refractivity contribution in [1.82, 2.24) is 9.55 Å². The largest absolute Gasteiger partial charge is 0.374 e. The van der Waals surface area contributed by atoms with Crippen molar-refractivity contribution in [3.05, 3.63) is 52.3 Å². The van der Waals surface area contributed by atoms with Crippen molar-refractivity contribution < 1.29 is 9.13 Å². The zero-order valence-corrected chi connectivity index (χ0v) is 11.7. The maximum atomic E-state index is 13.0. The Hall–Kier alpha value is -1.20. The second-order valence-electron chi connectivity index (χ2n) is 3.84. The summed E-state index contributed by atoms with van der Waals surface area (Å²) in [5.41, 5.74) is 1.01. The molecule has 0 saturated carbocycles. The molecule has 0 bridgehead atoms. The standard InChI is InChI=1S/C13H14BrFN2O/c1-2-18-9-13-16-5-6-17(13)8-10-3-4-11(15)7-12(10)14/h3-7H,2,8-9H2,1H3. The van der Waals surface area contributed by atoms with Gasteiger partial charge in [-0.1, -0.05) is 22.0 Å².